The Labute approximate surface area is 202 Å². The third-order valence-electron chi connectivity index (χ3n) is 5.49. The van der Waals surface area contributed by atoms with Crippen molar-refractivity contribution in [1.29, 1.82) is 0 Å². The molecule has 168 valence electrons. The van der Waals surface area contributed by atoms with E-state index in [9.17, 15) is 4.79 Å². The van der Waals surface area contributed by atoms with E-state index in [0.717, 1.165) is 48.2 Å². The number of ether oxygens (including phenoxy) is 1. The summed E-state index contributed by atoms with van der Waals surface area (Å²) in [6.07, 6.45) is 5.56. The molecule has 0 bridgehead atoms. The summed E-state index contributed by atoms with van der Waals surface area (Å²) in [5.74, 6) is 1.85. The van der Waals surface area contributed by atoms with Crippen LogP contribution in [0.15, 0.2) is 53.5 Å². The smallest absolute Gasteiger partial charge is 0.227 e. The summed E-state index contributed by atoms with van der Waals surface area (Å²) >= 11 is 0. The Morgan fingerprint density at radius 1 is 1.03 bits per heavy atom. The van der Waals surface area contributed by atoms with Gasteiger partial charge in [0.1, 0.15) is 5.75 Å². The number of nitrogens with zero attached hydrogens (tertiary/aromatic N) is 1. The lowest BCUT2D eigenvalue weighted by Gasteiger charge is -2.21. The molecule has 2 aromatic carbocycles. The molecule has 3 N–H and O–H groups in total. The second kappa shape index (κ2) is 13.2. The van der Waals surface area contributed by atoms with Gasteiger partial charge >= 0.3 is 0 Å². The van der Waals surface area contributed by atoms with Gasteiger partial charge in [-0.15, -0.1) is 24.0 Å². The van der Waals surface area contributed by atoms with Gasteiger partial charge < -0.3 is 20.7 Å². The van der Waals surface area contributed by atoms with Crippen LogP contribution in [0, 0.1) is 5.92 Å². The molecule has 0 unspecified atom stereocenters. The fraction of sp³-hybridized carbons (Fsp3) is 0.417. The van der Waals surface area contributed by atoms with Crippen LogP contribution in [0.2, 0.25) is 0 Å². The summed E-state index contributed by atoms with van der Waals surface area (Å²) < 4.78 is 5.39. The zero-order chi connectivity index (χ0) is 21.2. The maximum absolute atomic E-state index is 12.5. The van der Waals surface area contributed by atoms with E-state index in [1.54, 1.807) is 14.2 Å². The number of methoxy groups -OCH3 is 1. The van der Waals surface area contributed by atoms with Crippen molar-refractivity contribution in [3.8, 4) is 5.75 Å². The van der Waals surface area contributed by atoms with E-state index in [0.29, 0.717) is 19.0 Å². The Kier molecular flexibility index (Phi) is 10.6. The first-order valence-electron chi connectivity index (χ1n) is 10.7. The summed E-state index contributed by atoms with van der Waals surface area (Å²) in [6.45, 7) is 1.22. The summed E-state index contributed by atoms with van der Waals surface area (Å²) in [6, 6.07) is 15.9. The Morgan fingerprint density at radius 3 is 2.52 bits per heavy atom. The molecule has 1 aliphatic rings. The van der Waals surface area contributed by atoms with E-state index in [4.69, 9.17) is 4.74 Å². The lowest BCUT2D eigenvalue weighted by atomic mass is 9.88. The number of benzene rings is 2. The quantitative estimate of drug-likeness (QED) is 0.273. The lowest BCUT2D eigenvalue weighted by Crippen LogP contribution is -2.36. The molecule has 0 heterocycles. The Morgan fingerprint density at radius 2 is 1.77 bits per heavy atom. The monoisotopic (exact) mass is 536 g/mol. The van der Waals surface area contributed by atoms with Crippen molar-refractivity contribution in [1.82, 2.24) is 10.6 Å². The molecule has 0 aromatic heterocycles. The van der Waals surface area contributed by atoms with E-state index in [2.05, 4.69) is 20.9 Å². The number of carbonyl (C=O) groups excluding carboxylic acids is 1. The fourth-order valence-electron chi connectivity index (χ4n) is 3.80. The van der Waals surface area contributed by atoms with Crippen molar-refractivity contribution in [2.24, 2.45) is 10.9 Å². The number of aliphatic imine (C=N–C) groups is 1. The highest BCUT2D eigenvalue weighted by Crippen LogP contribution is 2.25. The number of hydrogen-bond acceptors (Lipinski definition) is 3. The van der Waals surface area contributed by atoms with E-state index in [1.165, 1.54) is 6.42 Å². The number of amides is 1. The Balaban J connectivity index is 0.00000341. The minimum absolute atomic E-state index is 0. The van der Waals surface area contributed by atoms with Crippen LogP contribution >= 0.6 is 24.0 Å². The van der Waals surface area contributed by atoms with Gasteiger partial charge in [0.2, 0.25) is 5.91 Å². The van der Waals surface area contributed by atoms with Gasteiger partial charge in [0.25, 0.3) is 0 Å². The van der Waals surface area contributed by atoms with Crippen LogP contribution < -0.4 is 20.7 Å². The van der Waals surface area contributed by atoms with Gasteiger partial charge in [-0.3, -0.25) is 9.79 Å². The van der Waals surface area contributed by atoms with Crippen molar-refractivity contribution in [2.45, 2.75) is 45.2 Å². The molecule has 0 saturated heterocycles. The Bertz CT molecular complexity index is 866. The summed E-state index contributed by atoms with van der Waals surface area (Å²) in [5, 5.41) is 9.72. The maximum Gasteiger partial charge on any atom is 0.227 e. The van der Waals surface area contributed by atoms with E-state index >= 15 is 0 Å². The number of rotatable bonds is 7. The lowest BCUT2D eigenvalue weighted by molar-refractivity contribution is -0.120. The normalized spacial score (nSPS) is 14.3. The number of guanidine groups is 1. The highest BCUT2D eigenvalue weighted by Gasteiger charge is 2.21. The molecule has 6 nitrogen and oxygen atoms in total. The first kappa shape index (κ1) is 25.0. The first-order valence-corrected chi connectivity index (χ1v) is 10.7. The van der Waals surface area contributed by atoms with Crippen LogP contribution in [-0.2, 0) is 17.9 Å². The summed E-state index contributed by atoms with van der Waals surface area (Å²) in [4.78, 5) is 16.8. The molecule has 2 aromatic rings. The van der Waals surface area contributed by atoms with Gasteiger partial charge in [0, 0.05) is 37.3 Å². The topological polar surface area (TPSA) is 74.8 Å². The average molecular weight is 536 g/mol. The van der Waals surface area contributed by atoms with E-state index < -0.39 is 0 Å². The third kappa shape index (κ3) is 7.72. The maximum atomic E-state index is 12.5. The molecule has 1 amide bonds. The highest BCUT2D eigenvalue weighted by atomic mass is 127. The number of halogens is 1. The standard InChI is InChI=1S/C24H32N4O2.HI/c1-25-24(27-17-20-12-6-7-14-22(20)30-2)26-16-18-9-8-13-21(15-18)28-23(29)19-10-4-3-5-11-19;/h6-9,12-15,19H,3-5,10-11,16-17H2,1-2H3,(H,28,29)(H2,25,26,27);1H. The van der Waals surface area contributed by atoms with Crippen LogP contribution in [0.5, 0.6) is 5.75 Å². The van der Waals surface area contributed by atoms with Gasteiger partial charge in [-0.2, -0.15) is 0 Å². The second-order valence-corrected chi connectivity index (χ2v) is 7.62. The van der Waals surface area contributed by atoms with Crippen LogP contribution in [0.1, 0.15) is 43.2 Å². The predicted octanol–water partition coefficient (Wildman–Crippen LogP) is 4.70. The summed E-state index contributed by atoms with van der Waals surface area (Å²) in [5.41, 5.74) is 2.99. The number of para-hydroxylation sites is 1. The molecule has 31 heavy (non-hydrogen) atoms. The van der Waals surface area contributed by atoms with E-state index in [-0.39, 0.29) is 35.8 Å². The predicted molar refractivity (Wildman–Crippen MR) is 137 cm³/mol. The first-order chi connectivity index (χ1) is 14.7. The van der Waals surface area contributed by atoms with Gasteiger partial charge in [-0.25, -0.2) is 0 Å². The van der Waals surface area contributed by atoms with Gasteiger partial charge in [0.15, 0.2) is 5.96 Å². The highest BCUT2D eigenvalue weighted by molar-refractivity contribution is 14.0. The molecule has 0 atom stereocenters. The number of carbonyl (C=O) groups is 1. The van der Waals surface area contributed by atoms with Gasteiger partial charge in [-0.05, 0) is 36.6 Å². The number of nitrogens with one attached hydrogen (secondary N) is 3. The molecule has 3 rings (SSSR count). The van der Waals surface area contributed by atoms with Crippen molar-refractivity contribution in [3.63, 3.8) is 0 Å². The zero-order valence-corrected chi connectivity index (χ0v) is 20.6. The SMILES string of the molecule is CN=C(NCc1cccc(NC(=O)C2CCCCC2)c1)NCc1ccccc1OC.I. The number of anilines is 1. The van der Waals surface area contributed by atoms with E-state index in [1.807, 2.05) is 48.5 Å². The molecule has 0 spiro atoms. The van der Waals surface area contributed by atoms with Crippen molar-refractivity contribution < 1.29 is 9.53 Å². The molecule has 1 saturated carbocycles. The molecule has 1 fully saturated rings. The average Bonchev–Trinajstić information content (AvgIpc) is 2.80. The van der Waals surface area contributed by atoms with Crippen molar-refractivity contribution in [2.75, 3.05) is 19.5 Å². The molecule has 7 heteroatoms. The number of hydrogen-bond donors (Lipinski definition) is 3. The van der Waals surface area contributed by atoms with Crippen LogP contribution in [0.3, 0.4) is 0 Å². The van der Waals surface area contributed by atoms with Crippen LogP contribution in [-0.4, -0.2) is 26.0 Å². The minimum atomic E-state index is 0. The van der Waals surface area contributed by atoms with Crippen molar-refractivity contribution in [3.05, 3.63) is 59.7 Å². The van der Waals surface area contributed by atoms with Crippen LogP contribution in [0.25, 0.3) is 0 Å². The minimum Gasteiger partial charge on any atom is -0.496 e. The fourth-order valence-corrected chi connectivity index (χ4v) is 3.80. The van der Waals surface area contributed by atoms with Crippen molar-refractivity contribution >= 4 is 41.5 Å². The second-order valence-electron chi connectivity index (χ2n) is 7.62. The Hall–Kier alpha value is -2.29. The third-order valence-corrected chi connectivity index (χ3v) is 5.49. The van der Waals surface area contributed by atoms with Crippen LogP contribution in [0.4, 0.5) is 5.69 Å². The summed E-state index contributed by atoms with van der Waals surface area (Å²) in [7, 11) is 3.42. The van der Waals surface area contributed by atoms with Gasteiger partial charge in [-0.1, -0.05) is 49.6 Å². The van der Waals surface area contributed by atoms with Gasteiger partial charge in [0.05, 0.1) is 7.11 Å². The zero-order valence-electron chi connectivity index (χ0n) is 18.3. The molecular formula is C24H33IN4O2. The molecular weight excluding hydrogens is 503 g/mol. The molecule has 0 aliphatic heterocycles. The largest absolute Gasteiger partial charge is 0.496 e. The molecule has 1 aliphatic carbocycles. The molecule has 0 radical (unpaired) electrons.